The third-order valence-corrected chi connectivity index (χ3v) is 4.86. The van der Waals surface area contributed by atoms with E-state index in [0.29, 0.717) is 18.6 Å². The Labute approximate surface area is 149 Å². The molecule has 1 aromatic heterocycles. The zero-order valence-corrected chi connectivity index (χ0v) is 14.3. The second kappa shape index (κ2) is 7.17. The fourth-order valence-corrected chi connectivity index (χ4v) is 3.25. The number of fused-ring (bicyclic) bond motifs is 1. The van der Waals surface area contributed by atoms with Crippen molar-refractivity contribution in [3.8, 4) is 5.75 Å². The van der Waals surface area contributed by atoms with E-state index in [9.17, 15) is 20.1 Å². The second-order valence-corrected chi connectivity index (χ2v) is 6.50. The summed E-state index contributed by atoms with van der Waals surface area (Å²) in [5.41, 5.74) is 0.486. The van der Waals surface area contributed by atoms with Gasteiger partial charge < -0.3 is 24.5 Å². The van der Waals surface area contributed by atoms with Gasteiger partial charge in [0, 0.05) is 12.5 Å². The van der Waals surface area contributed by atoms with Crippen molar-refractivity contribution in [3.63, 3.8) is 0 Å². The Hall–Kier alpha value is -1.86. The van der Waals surface area contributed by atoms with Gasteiger partial charge in [-0.3, -0.25) is 4.79 Å². The molecule has 0 aliphatic heterocycles. The number of alkyl halides is 1. The fraction of sp³-hybridized carbons (Fsp3) is 0.389. The third kappa shape index (κ3) is 3.43. The smallest absolute Gasteiger partial charge is 0.191 e. The summed E-state index contributed by atoms with van der Waals surface area (Å²) in [4.78, 5) is 12.3. The number of methoxy groups -OCH3 is 1. The van der Waals surface area contributed by atoms with Crippen LogP contribution >= 0.6 is 11.6 Å². The molecule has 4 atom stereocenters. The largest absolute Gasteiger partial charge is 0.497 e. The minimum Gasteiger partial charge on any atom is -0.497 e. The van der Waals surface area contributed by atoms with Crippen LogP contribution in [0.4, 0.5) is 0 Å². The van der Waals surface area contributed by atoms with E-state index >= 15 is 0 Å². The number of halogens is 1. The summed E-state index contributed by atoms with van der Waals surface area (Å²) in [5.74, 6) is 1.18. The Morgan fingerprint density at radius 2 is 1.80 bits per heavy atom. The molecule has 0 saturated carbocycles. The quantitative estimate of drug-likeness (QED) is 0.709. The molecule has 0 spiro atoms. The number of rotatable bonds is 4. The monoisotopic (exact) mass is 366 g/mol. The first-order chi connectivity index (χ1) is 11.9. The molecule has 25 heavy (non-hydrogen) atoms. The molecule has 3 N–H and O–H groups in total. The topological polar surface area (TPSA) is 100 Å². The molecular formula is C18H19ClO6. The highest BCUT2D eigenvalue weighted by Gasteiger charge is 2.43. The Kier molecular flexibility index (Phi) is 5.15. The van der Waals surface area contributed by atoms with Gasteiger partial charge in [0.25, 0.3) is 0 Å². The minimum atomic E-state index is -1.52. The predicted molar refractivity (Wildman–Crippen MR) is 90.9 cm³/mol. The molecule has 0 unspecified atom stereocenters. The summed E-state index contributed by atoms with van der Waals surface area (Å²) in [6.45, 7) is 0. The summed E-state index contributed by atoms with van der Waals surface area (Å²) < 4.78 is 10.8. The molecule has 1 aromatic carbocycles. The highest BCUT2D eigenvalue weighted by molar-refractivity contribution is 6.21. The number of hydrogen-bond acceptors (Lipinski definition) is 6. The first-order valence-corrected chi connectivity index (χ1v) is 8.34. The maximum atomic E-state index is 12.3. The van der Waals surface area contributed by atoms with Crippen LogP contribution in [-0.4, -0.2) is 34.6 Å². The van der Waals surface area contributed by atoms with E-state index in [1.54, 1.807) is 7.11 Å². The van der Waals surface area contributed by atoms with Gasteiger partial charge in [0.1, 0.15) is 41.0 Å². The first-order valence-electron chi connectivity index (χ1n) is 7.90. The van der Waals surface area contributed by atoms with E-state index in [0.717, 1.165) is 11.3 Å². The van der Waals surface area contributed by atoms with E-state index < -0.39 is 29.1 Å². The molecule has 1 aliphatic rings. The van der Waals surface area contributed by atoms with Crippen molar-refractivity contribution in [1.29, 1.82) is 0 Å². The van der Waals surface area contributed by atoms with Crippen molar-refractivity contribution in [2.75, 3.05) is 7.11 Å². The second-order valence-electron chi connectivity index (χ2n) is 6.03. The lowest BCUT2D eigenvalue weighted by Gasteiger charge is -2.32. The Bertz CT molecular complexity index is 800. The number of benzene rings is 1. The summed E-state index contributed by atoms with van der Waals surface area (Å²) in [7, 11) is 1.60. The number of aliphatic hydroxyl groups is 3. The summed E-state index contributed by atoms with van der Waals surface area (Å²) in [5, 5.41) is 28.6. The maximum absolute atomic E-state index is 12.3. The van der Waals surface area contributed by atoms with Gasteiger partial charge in [-0.15, -0.1) is 11.6 Å². The molecule has 6 nitrogen and oxygen atoms in total. The summed E-state index contributed by atoms with van der Waals surface area (Å²) in [6, 6.07) is 8.83. The maximum Gasteiger partial charge on any atom is 0.191 e. The Balaban J connectivity index is 1.84. The van der Waals surface area contributed by atoms with Gasteiger partial charge in [-0.05, 0) is 24.1 Å². The van der Waals surface area contributed by atoms with Crippen molar-refractivity contribution < 1.29 is 24.5 Å². The molecule has 0 saturated heterocycles. The van der Waals surface area contributed by atoms with Gasteiger partial charge >= 0.3 is 0 Å². The van der Waals surface area contributed by atoms with Gasteiger partial charge in [0.15, 0.2) is 5.43 Å². The molecule has 1 heterocycles. The van der Waals surface area contributed by atoms with Crippen LogP contribution in [0.3, 0.4) is 0 Å². The van der Waals surface area contributed by atoms with Crippen molar-refractivity contribution in [2.24, 2.45) is 0 Å². The molecule has 134 valence electrons. The molecule has 3 rings (SSSR count). The van der Waals surface area contributed by atoms with E-state index in [1.165, 1.54) is 6.07 Å². The number of aryl methyl sites for hydroxylation is 2. The van der Waals surface area contributed by atoms with Gasteiger partial charge in [-0.1, -0.05) is 12.1 Å². The third-order valence-electron chi connectivity index (χ3n) is 4.40. The lowest BCUT2D eigenvalue weighted by Crippen LogP contribution is -2.42. The van der Waals surface area contributed by atoms with Crippen LogP contribution < -0.4 is 10.2 Å². The zero-order chi connectivity index (χ0) is 18.1. The van der Waals surface area contributed by atoms with E-state index in [-0.39, 0.29) is 11.3 Å². The Morgan fingerprint density at radius 1 is 1.12 bits per heavy atom. The van der Waals surface area contributed by atoms with Crippen LogP contribution in [0.25, 0.3) is 0 Å². The molecular weight excluding hydrogens is 348 g/mol. The SMILES string of the molecule is COc1ccc(CCc2cc(=O)c3c(o2)[C@@H](Cl)[C@H](O)[C@H](O)[C@H]3O)cc1. The summed E-state index contributed by atoms with van der Waals surface area (Å²) >= 11 is 6.08. The lowest BCUT2D eigenvalue weighted by atomic mass is 9.88. The highest BCUT2D eigenvalue weighted by Crippen LogP contribution is 2.39. The zero-order valence-electron chi connectivity index (χ0n) is 13.6. The van der Waals surface area contributed by atoms with Crippen molar-refractivity contribution in [2.45, 2.75) is 36.5 Å². The summed E-state index contributed by atoms with van der Waals surface area (Å²) in [6.07, 6.45) is -3.38. The fourth-order valence-electron chi connectivity index (χ4n) is 2.94. The average molecular weight is 367 g/mol. The van der Waals surface area contributed by atoms with Crippen LogP contribution in [0.5, 0.6) is 5.75 Å². The number of aliphatic hydroxyl groups excluding tert-OH is 3. The molecule has 2 aromatic rings. The highest BCUT2D eigenvalue weighted by atomic mass is 35.5. The van der Waals surface area contributed by atoms with E-state index in [1.807, 2.05) is 24.3 Å². The van der Waals surface area contributed by atoms with Crippen LogP contribution in [0.1, 0.15) is 34.1 Å². The minimum absolute atomic E-state index is 0.0178. The van der Waals surface area contributed by atoms with Crippen LogP contribution in [0, 0.1) is 0 Å². The normalized spacial score (nSPS) is 25.5. The molecule has 0 fully saturated rings. The number of hydrogen-bond donors (Lipinski definition) is 3. The number of ether oxygens (including phenoxy) is 1. The van der Waals surface area contributed by atoms with Crippen molar-refractivity contribution in [3.05, 3.63) is 63.2 Å². The van der Waals surface area contributed by atoms with E-state index in [2.05, 4.69) is 0 Å². The molecule has 7 heteroatoms. The molecule has 0 bridgehead atoms. The van der Waals surface area contributed by atoms with Gasteiger partial charge in [0.2, 0.25) is 0 Å². The van der Waals surface area contributed by atoms with Gasteiger partial charge in [-0.25, -0.2) is 0 Å². The Morgan fingerprint density at radius 3 is 2.44 bits per heavy atom. The molecule has 0 amide bonds. The van der Waals surface area contributed by atoms with Crippen molar-refractivity contribution >= 4 is 11.6 Å². The standard InChI is InChI=1S/C18H19ClO6/c1-24-10-5-2-9(3-6-10)4-7-11-8-12(20)13-15(21)17(23)16(22)14(19)18(13)25-11/h2-3,5-6,8,14-17,21-23H,4,7H2,1H3/t14-,15-,16-,17+/m0/s1. The van der Waals surface area contributed by atoms with Crippen LogP contribution in [0.2, 0.25) is 0 Å². The van der Waals surface area contributed by atoms with Crippen molar-refractivity contribution in [1.82, 2.24) is 0 Å². The lowest BCUT2D eigenvalue weighted by molar-refractivity contribution is -0.0756. The molecule has 1 aliphatic carbocycles. The van der Waals surface area contributed by atoms with E-state index in [4.69, 9.17) is 20.8 Å². The van der Waals surface area contributed by atoms with Gasteiger partial charge in [-0.2, -0.15) is 0 Å². The van der Waals surface area contributed by atoms with Crippen LogP contribution in [-0.2, 0) is 12.8 Å². The average Bonchev–Trinajstić information content (AvgIpc) is 2.62. The van der Waals surface area contributed by atoms with Gasteiger partial charge in [0.05, 0.1) is 12.7 Å². The molecule has 0 radical (unpaired) electrons. The van der Waals surface area contributed by atoms with Crippen LogP contribution in [0.15, 0.2) is 39.5 Å². The predicted octanol–water partition coefficient (Wildman–Crippen LogP) is 1.48. The first kappa shape index (κ1) is 17.9.